The SMILES string of the molecule is [Gd].[H-].[H-].[H-].[H-].[Mg+2].[Mg+2].[Mn].[Zn]. The maximum Gasteiger partial charge on any atom is 2.00 e. The minimum Gasteiger partial charge on any atom is -1.00 e. The van der Waals surface area contributed by atoms with E-state index in [-0.39, 0.29) is 128 Å². The summed E-state index contributed by atoms with van der Waals surface area (Å²) >= 11 is 0. The average Bonchev–Trinajstić information content (AvgIpc) is 0. The molecule has 0 rings (SSSR count). The summed E-state index contributed by atoms with van der Waals surface area (Å²) in [6.45, 7) is 0. The van der Waals surface area contributed by atoms with E-state index in [9.17, 15) is 0 Å². The van der Waals surface area contributed by atoms with Gasteiger partial charge >= 0.3 is 46.1 Å². The van der Waals surface area contributed by atoms with E-state index in [1.165, 1.54) is 0 Å². The van der Waals surface area contributed by atoms with Crippen LogP contribution in [0.15, 0.2) is 0 Å². The van der Waals surface area contributed by atoms with Crippen molar-refractivity contribution < 1.29 is 82.2 Å². The van der Waals surface area contributed by atoms with Gasteiger partial charge in [0, 0.05) is 76.5 Å². The minimum absolute atomic E-state index is 0. The third-order valence-electron chi connectivity index (χ3n) is 0. The summed E-state index contributed by atoms with van der Waals surface area (Å²) in [5, 5.41) is 0. The predicted molar refractivity (Wildman–Crippen MR) is 16.0 cm³/mol. The van der Waals surface area contributed by atoms with Gasteiger partial charge in [0.05, 0.1) is 0 Å². The van der Waals surface area contributed by atoms with Crippen LogP contribution in [0.2, 0.25) is 0 Å². The van der Waals surface area contributed by atoms with E-state index in [0.29, 0.717) is 0 Å². The van der Waals surface area contributed by atoms with Crippen LogP contribution in [0.1, 0.15) is 5.71 Å². The van der Waals surface area contributed by atoms with Crippen molar-refractivity contribution >= 4 is 46.1 Å². The molecule has 0 nitrogen and oxygen atoms in total. The molecule has 5 heteroatoms. The van der Waals surface area contributed by atoms with Crippen molar-refractivity contribution in [1.82, 2.24) is 0 Å². The van der Waals surface area contributed by atoms with E-state index in [1.807, 2.05) is 0 Å². The van der Waals surface area contributed by atoms with Gasteiger partial charge in [-0.3, -0.25) is 0 Å². The van der Waals surface area contributed by atoms with Crippen LogP contribution >= 0.6 is 0 Å². The Bertz CT molecular complexity index is 18.5. The molecule has 0 aliphatic carbocycles. The standard InChI is InChI=1S/Gd.2Mg.Mn.Zn.4H/q;2*+2;;;4*-1. The van der Waals surface area contributed by atoms with E-state index in [0.717, 1.165) is 0 Å². The first-order valence-corrected chi connectivity index (χ1v) is 0. The molecule has 0 bridgehead atoms. The summed E-state index contributed by atoms with van der Waals surface area (Å²) in [7, 11) is 0. The van der Waals surface area contributed by atoms with E-state index < -0.39 is 0 Å². The van der Waals surface area contributed by atoms with Crippen molar-refractivity contribution in [2.75, 3.05) is 0 Å². The maximum absolute atomic E-state index is 0. The third-order valence-corrected chi connectivity index (χ3v) is 0. The smallest absolute Gasteiger partial charge is 1.00 e. The molecule has 0 saturated heterocycles. The van der Waals surface area contributed by atoms with Gasteiger partial charge in [0.1, 0.15) is 0 Å². The zero-order valence-corrected chi connectivity index (χ0v) is 12.1. The topological polar surface area (TPSA) is 0 Å². The molecule has 0 heterocycles. The van der Waals surface area contributed by atoms with Crippen molar-refractivity contribution in [3.05, 3.63) is 0 Å². The van der Waals surface area contributed by atoms with Crippen LogP contribution in [0.4, 0.5) is 0 Å². The first kappa shape index (κ1) is 36.0. The fourth-order valence-electron chi connectivity index (χ4n) is 0. The third kappa shape index (κ3) is 18.0. The normalized spacial score (nSPS) is 0. The van der Waals surface area contributed by atoms with Gasteiger partial charge in [0.15, 0.2) is 0 Å². The fourth-order valence-corrected chi connectivity index (χ4v) is 0. The quantitative estimate of drug-likeness (QED) is 0.535. The Balaban J connectivity index is 0. The molecule has 0 atom stereocenters. The molecular formula is H4GdMg2MnZn. The molecule has 0 fully saturated rings. The van der Waals surface area contributed by atoms with Gasteiger partial charge in [-0.05, 0) is 0 Å². The molecule has 0 amide bonds. The molecule has 0 saturated carbocycles. The van der Waals surface area contributed by atoms with Crippen LogP contribution in [0, 0.1) is 39.9 Å². The van der Waals surface area contributed by atoms with Gasteiger partial charge in [-0.2, -0.15) is 0 Å². The molecule has 0 aliphatic rings. The Labute approximate surface area is 126 Å². The van der Waals surface area contributed by atoms with E-state index in [1.54, 1.807) is 0 Å². The van der Waals surface area contributed by atoms with Gasteiger partial charge in [0.25, 0.3) is 0 Å². The summed E-state index contributed by atoms with van der Waals surface area (Å²) in [5.41, 5.74) is 0. The monoisotopic (exact) mass is 329 g/mol. The number of rotatable bonds is 0. The van der Waals surface area contributed by atoms with Gasteiger partial charge in [-0.25, -0.2) is 0 Å². The van der Waals surface area contributed by atoms with Crippen LogP contribution in [0.5, 0.6) is 0 Å². The number of hydrogen-bond donors (Lipinski definition) is 0. The fraction of sp³-hybridized carbons (Fsp3) is 0. The second kappa shape index (κ2) is 24.5. The van der Waals surface area contributed by atoms with Crippen molar-refractivity contribution in [3.63, 3.8) is 0 Å². The van der Waals surface area contributed by atoms with Crippen molar-refractivity contribution in [2.45, 2.75) is 0 Å². The number of hydrogen-bond acceptors (Lipinski definition) is 0. The summed E-state index contributed by atoms with van der Waals surface area (Å²) in [5.74, 6) is 0. The Hall–Kier alpha value is 4.00. The Morgan fingerprint density at radius 1 is 1.00 bits per heavy atom. The zero-order chi connectivity index (χ0) is 0. The molecule has 0 spiro atoms. The molecular weight excluding hydrogens is 326 g/mol. The van der Waals surface area contributed by atoms with E-state index >= 15 is 0 Å². The zero-order valence-electron chi connectivity index (χ0n) is 6.85. The van der Waals surface area contributed by atoms with Gasteiger partial charge in [-0.1, -0.05) is 0 Å². The van der Waals surface area contributed by atoms with Crippen LogP contribution in [0.25, 0.3) is 0 Å². The summed E-state index contributed by atoms with van der Waals surface area (Å²) < 4.78 is 0. The molecule has 0 aromatic carbocycles. The predicted octanol–water partition coefficient (Wildman–Crippen LogP) is -0.317. The van der Waals surface area contributed by atoms with Crippen molar-refractivity contribution in [2.24, 2.45) is 0 Å². The summed E-state index contributed by atoms with van der Waals surface area (Å²) in [6, 6.07) is 0. The largest absolute Gasteiger partial charge is 2.00 e. The average molecular weight is 330 g/mol. The Kier molecular flexibility index (Phi) is 176. The Morgan fingerprint density at radius 2 is 1.00 bits per heavy atom. The molecule has 0 aromatic rings. The molecule has 5 heavy (non-hydrogen) atoms. The van der Waals surface area contributed by atoms with Gasteiger partial charge in [-0.15, -0.1) is 0 Å². The first-order chi connectivity index (χ1) is 0. The molecule has 25 valence electrons. The van der Waals surface area contributed by atoms with Crippen LogP contribution < -0.4 is 0 Å². The maximum atomic E-state index is 0. The second-order valence-electron chi connectivity index (χ2n) is 0. The van der Waals surface area contributed by atoms with Crippen LogP contribution in [-0.4, -0.2) is 46.1 Å². The summed E-state index contributed by atoms with van der Waals surface area (Å²) in [6.07, 6.45) is 0. The molecule has 0 aromatic heterocycles. The van der Waals surface area contributed by atoms with E-state index in [4.69, 9.17) is 0 Å². The van der Waals surface area contributed by atoms with Crippen LogP contribution in [0.3, 0.4) is 0 Å². The Morgan fingerprint density at radius 3 is 1.00 bits per heavy atom. The van der Waals surface area contributed by atoms with Gasteiger partial charge < -0.3 is 5.71 Å². The minimum atomic E-state index is 0. The second-order valence-corrected chi connectivity index (χ2v) is 0. The molecule has 0 N–H and O–H groups in total. The molecule has 1 radical (unpaired) electrons. The van der Waals surface area contributed by atoms with Crippen molar-refractivity contribution in [1.29, 1.82) is 0 Å². The van der Waals surface area contributed by atoms with Crippen molar-refractivity contribution in [3.8, 4) is 0 Å². The first-order valence-electron chi connectivity index (χ1n) is 0. The molecule has 0 unspecified atom stereocenters. The molecule has 0 aliphatic heterocycles. The van der Waals surface area contributed by atoms with Crippen LogP contribution in [-0.2, 0) is 36.5 Å². The van der Waals surface area contributed by atoms with E-state index in [2.05, 4.69) is 0 Å². The van der Waals surface area contributed by atoms with Gasteiger partial charge in [0.2, 0.25) is 0 Å². The summed E-state index contributed by atoms with van der Waals surface area (Å²) in [4.78, 5) is 0.